The number of piperidine rings is 1. The van der Waals surface area contributed by atoms with E-state index in [1.807, 2.05) is 0 Å². The Morgan fingerprint density at radius 1 is 1.54 bits per heavy atom. The molecule has 5 nitrogen and oxygen atoms in total. The van der Waals surface area contributed by atoms with Gasteiger partial charge < -0.3 is 15.0 Å². The van der Waals surface area contributed by atoms with Crippen LogP contribution >= 0.6 is 11.6 Å². The summed E-state index contributed by atoms with van der Waals surface area (Å²) in [5.74, 6) is -0.941. The number of rotatable bonds is 7. The number of pyridine rings is 1. The highest BCUT2D eigenvalue weighted by Gasteiger charge is 2.20. The summed E-state index contributed by atoms with van der Waals surface area (Å²) in [7, 11) is 2.13. The van der Waals surface area contributed by atoms with Crippen LogP contribution < -0.4 is 5.32 Å². The van der Waals surface area contributed by atoms with Crippen LogP contribution in [-0.4, -0.2) is 48.6 Å². The zero-order valence-corrected chi connectivity index (χ0v) is 15.0. The van der Waals surface area contributed by atoms with Crippen molar-refractivity contribution in [1.29, 1.82) is 0 Å². The van der Waals surface area contributed by atoms with E-state index in [-0.39, 0.29) is 29.4 Å². The van der Waals surface area contributed by atoms with E-state index in [0.717, 1.165) is 13.0 Å². The molecule has 0 amide bonds. The van der Waals surface area contributed by atoms with Gasteiger partial charge in [0.2, 0.25) is 0 Å². The average molecular weight is 358 g/mol. The molecule has 1 aliphatic rings. The fourth-order valence-corrected chi connectivity index (χ4v) is 3.21. The maximum atomic E-state index is 14.5. The zero-order chi connectivity index (χ0) is 17.5. The van der Waals surface area contributed by atoms with Crippen molar-refractivity contribution < 1.29 is 13.9 Å². The van der Waals surface area contributed by atoms with Gasteiger partial charge in [-0.25, -0.2) is 9.37 Å². The van der Waals surface area contributed by atoms with Gasteiger partial charge in [0.05, 0.1) is 18.1 Å². The van der Waals surface area contributed by atoms with Gasteiger partial charge in [0.1, 0.15) is 0 Å². The summed E-state index contributed by atoms with van der Waals surface area (Å²) in [6.07, 6.45) is 5.75. The van der Waals surface area contributed by atoms with Crippen LogP contribution in [0.15, 0.2) is 6.20 Å². The SMILES string of the molecule is CCOC(=O)Cc1c(Cl)cnc(NCCC2CCCCN2C)c1F. The van der Waals surface area contributed by atoms with Crippen LogP contribution in [0, 0.1) is 5.82 Å². The number of esters is 1. The van der Waals surface area contributed by atoms with Gasteiger partial charge in [-0.05, 0) is 39.8 Å². The molecule has 0 bridgehead atoms. The van der Waals surface area contributed by atoms with E-state index in [1.54, 1.807) is 6.92 Å². The van der Waals surface area contributed by atoms with E-state index in [2.05, 4.69) is 22.2 Å². The lowest BCUT2D eigenvalue weighted by atomic mass is 10.0. The van der Waals surface area contributed by atoms with Gasteiger partial charge in [0.15, 0.2) is 11.6 Å². The van der Waals surface area contributed by atoms with Crippen molar-refractivity contribution in [3.05, 3.63) is 22.6 Å². The van der Waals surface area contributed by atoms with Crippen LogP contribution in [0.5, 0.6) is 0 Å². The van der Waals surface area contributed by atoms with Gasteiger partial charge in [0, 0.05) is 24.3 Å². The number of nitrogens with zero attached hydrogens (tertiary/aromatic N) is 2. The molecule has 1 N–H and O–H groups in total. The molecule has 0 saturated carbocycles. The monoisotopic (exact) mass is 357 g/mol. The molecule has 1 atom stereocenters. The van der Waals surface area contributed by atoms with Gasteiger partial charge in [-0.3, -0.25) is 4.79 Å². The van der Waals surface area contributed by atoms with Crippen LogP contribution in [0.1, 0.15) is 38.2 Å². The summed E-state index contributed by atoms with van der Waals surface area (Å²) in [6, 6.07) is 0.514. The molecule has 0 aromatic carbocycles. The van der Waals surface area contributed by atoms with E-state index in [4.69, 9.17) is 16.3 Å². The highest BCUT2D eigenvalue weighted by atomic mass is 35.5. The molecule has 2 heterocycles. The van der Waals surface area contributed by atoms with Crippen molar-refractivity contribution in [2.75, 3.05) is 32.1 Å². The summed E-state index contributed by atoms with van der Waals surface area (Å²) in [5, 5.41) is 3.17. The van der Waals surface area contributed by atoms with Crippen molar-refractivity contribution in [2.24, 2.45) is 0 Å². The highest BCUT2D eigenvalue weighted by Crippen LogP contribution is 2.24. The maximum Gasteiger partial charge on any atom is 0.310 e. The van der Waals surface area contributed by atoms with Crippen molar-refractivity contribution in [3.63, 3.8) is 0 Å². The Hall–Kier alpha value is -1.40. The number of halogens is 2. The summed E-state index contributed by atoms with van der Waals surface area (Å²) < 4.78 is 19.4. The Balaban J connectivity index is 1.96. The van der Waals surface area contributed by atoms with Crippen molar-refractivity contribution in [2.45, 2.75) is 45.1 Å². The minimum Gasteiger partial charge on any atom is -0.466 e. The molecule has 7 heteroatoms. The first-order chi connectivity index (χ1) is 11.5. The van der Waals surface area contributed by atoms with Crippen LogP contribution in [0.4, 0.5) is 10.2 Å². The number of ether oxygens (including phenoxy) is 1. The van der Waals surface area contributed by atoms with Gasteiger partial charge in [-0.15, -0.1) is 0 Å². The number of aromatic nitrogens is 1. The molecule has 1 aromatic rings. The second kappa shape index (κ2) is 9.18. The van der Waals surface area contributed by atoms with E-state index in [0.29, 0.717) is 12.6 Å². The lowest BCUT2D eigenvalue weighted by molar-refractivity contribution is -0.142. The van der Waals surface area contributed by atoms with E-state index in [9.17, 15) is 9.18 Å². The third-order valence-corrected chi connectivity index (χ3v) is 4.71. The third kappa shape index (κ3) is 5.05. The van der Waals surface area contributed by atoms with Crippen LogP contribution in [0.25, 0.3) is 0 Å². The standard InChI is InChI=1S/C17H25ClFN3O2/c1-3-24-15(23)10-13-14(18)11-21-17(16(13)19)20-8-7-12-6-4-5-9-22(12)2/h11-12H,3-10H2,1-2H3,(H,20,21). The summed E-state index contributed by atoms with van der Waals surface area (Å²) >= 11 is 5.98. The van der Waals surface area contributed by atoms with E-state index in [1.165, 1.54) is 25.5 Å². The number of likely N-dealkylation sites (tertiary alicyclic amines) is 1. The quantitative estimate of drug-likeness (QED) is 0.759. The number of hydrogen-bond acceptors (Lipinski definition) is 5. The first-order valence-corrected chi connectivity index (χ1v) is 8.83. The molecule has 1 aromatic heterocycles. The number of carbonyl (C=O) groups excluding carboxylic acids is 1. The van der Waals surface area contributed by atoms with E-state index < -0.39 is 11.8 Å². The molecule has 134 valence electrons. The predicted molar refractivity (Wildman–Crippen MR) is 92.9 cm³/mol. The Bertz CT molecular complexity index is 571. The minimum atomic E-state index is -0.576. The zero-order valence-electron chi connectivity index (χ0n) is 14.3. The average Bonchev–Trinajstić information content (AvgIpc) is 2.55. The molecule has 24 heavy (non-hydrogen) atoms. The molecule has 1 fully saturated rings. The topological polar surface area (TPSA) is 54.5 Å². The van der Waals surface area contributed by atoms with Crippen LogP contribution in [0.3, 0.4) is 0 Å². The van der Waals surface area contributed by atoms with Crippen molar-refractivity contribution in [3.8, 4) is 0 Å². The molecule has 1 aliphatic heterocycles. The maximum absolute atomic E-state index is 14.5. The Morgan fingerprint density at radius 2 is 2.33 bits per heavy atom. The van der Waals surface area contributed by atoms with Crippen LogP contribution in [-0.2, 0) is 16.0 Å². The number of nitrogens with one attached hydrogen (secondary N) is 1. The minimum absolute atomic E-state index is 0.127. The highest BCUT2D eigenvalue weighted by molar-refractivity contribution is 6.31. The molecule has 2 rings (SSSR count). The molecular weight excluding hydrogens is 333 g/mol. The lowest BCUT2D eigenvalue weighted by Gasteiger charge is -2.32. The molecule has 1 unspecified atom stereocenters. The summed E-state index contributed by atoms with van der Waals surface area (Å²) in [6.45, 7) is 3.70. The Morgan fingerprint density at radius 3 is 3.04 bits per heavy atom. The molecule has 0 radical (unpaired) electrons. The fraction of sp³-hybridized carbons (Fsp3) is 0.647. The molecule has 1 saturated heterocycles. The number of anilines is 1. The van der Waals surface area contributed by atoms with Gasteiger partial charge in [-0.2, -0.15) is 0 Å². The fourth-order valence-electron chi connectivity index (χ4n) is 3.01. The lowest BCUT2D eigenvalue weighted by Crippen LogP contribution is -2.37. The van der Waals surface area contributed by atoms with Crippen molar-refractivity contribution >= 4 is 23.4 Å². The van der Waals surface area contributed by atoms with Gasteiger partial charge >= 0.3 is 5.97 Å². The first kappa shape index (κ1) is 18.9. The number of hydrogen-bond donors (Lipinski definition) is 1. The molecule has 0 aliphatic carbocycles. The smallest absolute Gasteiger partial charge is 0.310 e. The predicted octanol–water partition coefficient (Wildman–Crippen LogP) is 3.27. The van der Waals surface area contributed by atoms with Crippen LogP contribution in [0.2, 0.25) is 5.02 Å². The summed E-state index contributed by atoms with van der Waals surface area (Å²) in [4.78, 5) is 18.0. The van der Waals surface area contributed by atoms with Crippen molar-refractivity contribution in [1.82, 2.24) is 9.88 Å². The largest absolute Gasteiger partial charge is 0.466 e. The molecular formula is C17H25ClFN3O2. The number of carbonyl (C=O) groups is 1. The second-order valence-electron chi connectivity index (χ2n) is 6.07. The van der Waals surface area contributed by atoms with E-state index >= 15 is 0 Å². The first-order valence-electron chi connectivity index (χ1n) is 8.45. The van der Waals surface area contributed by atoms with Gasteiger partial charge in [0.25, 0.3) is 0 Å². The molecule has 0 spiro atoms. The Labute approximate surface area is 147 Å². The second-order valence-corrected chi connectivity index (χ2v) is 6.48. The normalized spacial score (nSPS) is 18.4. The Kier molecular flexibility index (Phi) is 7.24. The third-order valence-electron chi connectivity index (χ3n) is 4.39. The van der Waals surface area contributed by atoms with Gasteiger partial charge in [-0.1, -0.05) is 18.0 Å². The summed E-state index contributed by atoms with van der Waals surface area (Å²) in [5.41, 5.74) is 0.127.